The molecule has 2 heterocycles. The Morgan fingerprint density at radius 3 is 2.73 bits per heavy atom. The van der Waals surface area contributed by atoms with Gasteiger partial charge < -0.3 is 5.32 Å². The van der Waals surface area contributed by atoms with Gasteiger partial charge in [-0.05, 0) is 59.7 Å². The maximum Gasteiger partial charge on any atom is 0.270 e. The first-order valence-corrected chi connectivity index (χ1v) is 13.5. The van der Waals surface area contributed by atoms with Gasteiger partial charge in [0.25, 0.3) is 5.91 Å². The molecule has 6 aromatic rings. The van der Waals surface area contributed by atoms with E-state index in [4.69, 9.17) is 0 Å². The van der Waals surface area contributed by atoms with Gasteiger partial charge in [-0.25, -0.2) is 4.98 Å². The van der Waals surface area contributed by atoms with Crippen LogP contribution in [-0.4, -0.2) is 15.5 Å². The van der Waals surface area contributed by atoms with Gasteiger partial charge in [0.05, 0.1) is 18.6 Å². The minimum absolute atomic E-state index is 0.0256. The Bertz CT molecular complexity index is 1780. The molecule has 1 aliphatic carbocycles. The first-order valence-electron chi connectivity index (χ1n) is 12.7. The SMILES string of the molecule is O=C(NC1CCCc2ccccc21)c1cncn1-c1cccc(-c2cccc3c2sc2ccccc23)c1. The normalized spacial score (nSPS) is 15.1. The number of hydrogen-bond acceptors (Lipinski definition) is 3. The molecule has 1 unspecified atom stereocenters. The lowest BCUT2D eigenvalue weighted by Crippen LogP contribution is -2.32. The van der Waals surface area contributed by atoms with Gasteiger partial charge in [-0.1, -0.05) is 72.8 Å². The van der Waals surface area contributed by atoms with Gasteiger partial charge in [-0.15, -0.1) is 11.3 Å². The second-order valence-corrected chi connectivity index (χ2v) is 10.6. The molecule has 5 heteroatoms. The third-order valence-corrected chi connectivity index (χ3v) is 8.61. The molecule has 0 bridgehead atoms. The summed E-state index contributed by atoms with van der Waals surface area (Å²) >= 11 is 1.83. The van der Waals surface area contributed by atoms with E-state index in [1.165, 1.54) is 36.9 Å². The largest absolute Gasteiger partial charge is 0.344 e. The van der Waals surface area contributed by atoms with Gasteiger partial charge in [0.2, 0.25) is 0 Å². The third-order valence-electron chi connectivity index (χ3n) is 7.39. The molecule has 1 aliphatic rings. The zero-order valence-electron chi connectivity index (χ0n) is 20.2. The van der Waals surface area contributed by atoms with Crippen LogP contribution in [0.4, 0.5) is 0 Å². The highest BCUT2D eigenvalue weighted by molar-refractivity contribution is 7.26. The van der Waals surface area contributed by atoms with Crippen molar-refractivity contribution in [1.82, 2.24) is 14.9 Å². The second kappa shape index (κ2) is 9.02. The van der Waals surface area contributed by atoms with Crippen molar-refractivity contribution in [2.45, 2.75) is 25.3 Å². The van der Waals surface area contributed by atoms with Crippen molar-refractivity contribution in [2.24, 2.45) is 0 Å². The zero-order chi connectivity index (χ0) is 24.8. The topological polar surface area (TPSA) is 46.9 Å². The van der Waals surface area contributed by atoms with Crippen molar-refractivity contribution in [3.8, 4) is 16.8 Å². The molecule has 0 spiro atoms. The summed E-state index contributed by atoms with van der Waals surface area (Å²) in [6.07, 6.45) is 6.48. The number of aryl methyl sites for hydroxylation is 1. The average molecular weight is 500 g/mol. The third kappa shape index (κ3) is 3.83. The molecule has 0 saturated carbocycles. The van der Waals surface area contributed by atoms with E-state index in [-0.39, 0.29) is 11.9 Å². The van der Waals surface area contributed by atoms with Crippen LogP contribution in [0.5, 0.6) is 0 Å². The van der Waals surface area contributed by atoms with Crippen molar-refractivity contribution in [1.29, 1.82) is 0 Å². The number of fused-ring (bicyclic) bond motifs is 4. The molecule has 7 rings (SSSR count). The minimum Gasteiger partial charge on any atom is -0.344 e. The van der Waals surface area contributed by atoms with E-state index < -0.39 is 0 Å². The number of amides is 1. The van der Waals surface area contributed by atoms with Crippen LogP contribution in [0, 0.1) is 0 Å². The van der Waals surface area contributed by atoms with Gasteiger partial charge in [0.15, 0.2) is 0 Å². The van der Waals surface area contributed by atoms with E-state index in [2.05, 4.69) is 95.2 Å². The molecule has 1 amide bonds. The van der Waals surface area contributed by atoms with E-state index in [0.717, 1.165) is 30.5 Å². The van der Waals surface area contributed by atoms with E-state index in [1.54, 1.807) is 12.5 Å². The van der Waals surface area contributed by atoms with Crippen molar-refractivity contribution in [3.63, 3.8) is 0 Å². The number of benzene rings is 4. The minimum atomic E-state index is -0.101. The number of thiophene rings is 1. The number of carbonyl (C=O) groups excluding carboxylic acids is 1. The monoisotopic (exact) mass is 499 g/mol. The predicted octanol–water partition coefficient (Wildman–Crippen LogP) is 7.71. The highest BCUT2D eigenvalue weighted by Gasteiger charge is 2.23. The van der Waals surface area contributed by atoms with E-state index in [1.807, 2.05) is 22.0 Å². The van der Waals surface area contributed by atoms with E-state index in [9.17, 15) is 4.79 Å². The fraction of sp³-hybridized carbons (Fsp3) is 0.125. The van der Waals surface area contributed by atoms with Crippen molar-refractivity contribution in [2.75, 3.05) is 0 Å². The zero-order valence-corrected chi connectivity index (χ0v) is 21.0. The first kappa shape index (κ1) is 22.0. The smallest absolute Gasteiger partial charge is 0.270 e. The summed E-state index contributed by atoms with van der Waals surface area (Å²) in [4.78, 5) is 17.8. The molecule has 37 heavy (non-hydrogen) atoms. The summed E-state index contributed by atoms with van der Waals surface area (Å²) in [5.41, 5.74) is 6.34. The second-order valence-electron chi connectivity index (χ2n) is 9.60. The molecule has 0 aliphatic heterocycles. The Morgan fingerprint density at radius 2 is 1.76 bits per heavy atom. The van der Waals surface area contributed by atoms with Crippen LogP contribution in [0.1, 0.15) is 40.5 Å². The Labute approximate surface area is 219 Å². The number of imidazole rings is 1. The molecule has 0 saturated heterocycles. The molecule has 0 radical (unpaired) electrons. The molecule has 1 atom stereocenters. The van der Waals surface area contributed by atoms with Gasteiger partial charge >= 0.3 is 0 Å². The number of aromatic nitrogens is 2. The molecular formula is C32H25N3OS. The van der Waals surface area contributed by atoms with Gasteiger partial charge in [-0.3, -0.25) is 9.36 Å². The van der Waals surface area contributed by atoms with Crippen LogP contribution < -0.4 is 5.32 Å². The first-order chi connectivity index (χ1) is 18.3. The molecule has 180 valence electrons. The lowest BCUT2D eigenvalue weighted by atomic mass is 9.88. The number of hydrogen-bond donors (Lipinski definition) is 1. The Kier molecular flexibility index (Phi) is 5.37. The number of carbonyl (C=O) groups is 1. The number of nitrogens with one attached hydrogen (secondary N) is 1. The van der Waals surface area contributed by atoms with Crippen LogP contribution >= 0.6 is 11.3 Å². The summed E-state index contributed by atoms with van der Waals surface area (Å²) in [7, 11) is 0. The predicted molar refractivity (Wildman–Crippen MR) is 151 cm³/mol. The van der Waals surface area contributed by atoms with Crippen LogP contribution in [0.15, 0.2) is 104 Å². The van der Waals surface area contributed by atoms with Crippen molar-refractivity contribution in [3.05, 3.63) is 120 Å². The van der Waals surface area contributed by atoms with E-state index in [0.29, 0.717) is 5.69 Å². The van der Waals surface area contributed by atoms with Crippen molar-refractivity contribution >= 4 is 37.4 Å². The van der Waals surface area contributed by atoms with Crippen molar-refractivity contribution < 1.29 is 4.79 Å². The van der Waals surface area contributed by atoms with Gasteiger partial charge in [0.1, 0.15) is 5.69 Å². The summed E-state index contributed by atoms with van der Waals surface area (Å²) in [5, 5.41) is 5.84. The van der Waals surface area contributed by atoms with Crippen LogP contribution in [0.2, 0.25) is 0 Å². The molecule has 1 N–H and O–H groups in total. The molecule has 0 fully saturated rings. The Balaban J connectivity index is 1.24. The Hall–Kier alpha value is -4.22. The molecule has 2 aromatic heterocycles. The lowest BCUT2D eigenvalue weighted by Gasteiger charge is -2.26. The number of nitrogens with zero attached hydrogens (tertiary/aromatic N) is 2. The highest BCUT2D eigenvalue weighted by atomic mass is 32.1. The number of rotatable bonds is 4. The summed E-state index contributed by atoms with van der Waals surface area (Å²) in [5.74, 6) is -0.101. The fourth-order valence-electron chi connectivity index (χ4n) is 5.60. The summed E-state index contributed by atoms with van der Waals surface area (Å²) < 4.78 is 4.46. The van der Waals surface area contributed by atoms with Crippen LogP contribution in [0.3, 0.4) is 0 Å². The average Bonchev–Trinajstić information content (AvgIpc) is 3.59. The van der Waals surface area contributed by atoms with Crippen LogP contribution in [-0.2, 0) is 6.42 Å². The van der Waals surface area contributed by atoms with E-state index >= 15 is 0 Å². The molecule has 4 nitrogen and oxygen atoms in total. The van der Waals surface area contributed by atoms with Gasteiger partial charge in [-0.2, -0.15) is 0 Å². The summed E-state index contributed by atoms with van der Waals surface area (Å²) in [6.45, 7) is 0. The lowest BCUT2D eigenvalue weighted by molar-refractivity contribution is 0.0926. The molecular weight excluding hydrogens is 474 g/mol. The van der Waals surface area contributed by atoms with Gasteiger partial charge in [0, 0.05) is 25.9 Å². The van der Waals surface area contributed by atoms with Crippen LogP contribution in [0.25, 0.3) is 37.0 Å². The standard InChI is InChI=1S/C32H25N3OS/c36-32(34-28-16-6-9-21-8-1-2-12-24(21)28)29-19-33-20-35(29)23-11-5-10-22(18-23)25-14-7-15-27-26-13-3-4-17-30(26)37-31(25)27/h1-5,7-8,10-15,17-20,28H,6,9,16H2,(H,34,36). The fourth-order valence-corrected chi connectivity index (χ4v) is 6.84. The summed E-state index contributed by atoms with van der Waals surface area (Å²) in [6, 6.07) is 31.9. The highest BCUT2D eigenvalue weighted by Crippen LogP contribution is 2.40. The maximum absolute atomic E-state index is 13.4. The Morgan fingerprint density at radius 1 is 0.919 bits per heavy atom. The maximum atomic E-state index is 13.4. The quantitative estimate of drug-likeness (QED) is 0.270. The molecule has 4 aromatic carbocycles.